The molecule has 1 aromatic carbocycles. The molecule has 19 heavy (non-hydrogen) atoms. The number of fused-ring (bicyclic) bond motifs is 1. The standard InChI is InChI=1S/C16H24N2S/c1-16(2,3)17-12-13-6-5-7-15-14(13)8-9-18(15)10-11-19-4/h5-9,17H,10-12H2,1-4H3. The number of rotatable bonds is 5. The molecule has 2 aromatic rings. The summed E-state index contributed by atoms with van der Waals surface area (Å²) >= 11 is 1.89. The van der Waals surface area contributed by atoms with Gasteiger partial charge < -0.3 is 9.88 Å². The van der Waals surface area contributed by atoms with Gasteiger partial charge in [-0.1, -0.05) is 12.1 Å². The third kappa shape index (κ3) is 3.77. The van der Waals surface area contributed by atoms with Crippen molar-refractivity contribution in [3.05, 3.63) is 36.0 Å². The SMILES string of the molecule is CSCCn1ccc2c(CNC(C)(C)C)cccc21. The first-order chi connectivity index (χ1) is 9.01. The monoisotopic (exact) mass is 276 g/mol. The van der Waals surface area contributed by atoms with Gasteiger partial charge in [0.05, 0.1) is 0 Å². The summed E-state index contributed by atoms with van der Waals surface area (Å²) < 4.78 is 2.35. The molecule has 2 rings (SSSR count). The van der Waals surface area contributed by atoms with Gasteiger partial charge in [0, 0.05) is 41.5 Å². The fourth-order valence-corrected chi connectivity index (χ4v) is 2.57. The van der Waals surface area contributed by atoms with Gasteiger partial charge >= 0.3 is 0 Å². The zero-order valence-corrected chi connectivity index (χ0v) is 13.2. The first kappa shape index (κ1) is 14.5. The van der Waals surface area contributed by atoms with Gasteiger partial charge in [-0.3, -0.25) is 0 Å². The fraction of sp³-hybridized carbons (Fsp3) is 0.500. The zero-order chi connectivity index (χ0) is 13.9. The van der Waals surface area contributed by atoms with Crippen LogP contribution in [0.1, 0.15) is 26.3 Å². The molecule has 0 bridgehead atoms. The maximum atomic E-state index is 3.57. The summed E-state index contributed by atoms with van der Waals surface area (Å²) in [5.74, 6) is 1.16. The Balaban J connectivity index is 2.23. The number of aromatic nitrogens is 1. The van der Waals surface area contributed by atoms with Crippen LogP contribution in [0, 0.1) is 0 Å². The van der Waals surface area contributed by atoms with Crippen molar-refractivity contribution in [2.75, 3.05) is 12.0 Å². The lowest BCUT2D eigenvalue weighted by Gasteiger charge is -2.21. The lowest BCUT2D eigenvalue weighted by atomic mass is 10.1. The predicted molar refractivity (Wildman–Crippen MR) is 86.9 cm³/mol. The minimum absolute atomic E-state index is 0.156. The molecule has 0 unspecified atom stereocenters. The third-order valence-electron chi connectivity index (χ3n) is 3.25. The molecule has 0 saturated carbocycles. The van der Waals surface area contributed by atoms with Crippen LogP contribution >= 0.6 is 11.8 Å². The van der Waals surface area contributed by atoms with Crippen LogP contribution in [0.15, 0.2) is 30.5 Å². The second kappa shape index (κ2) is 6.02. The molecule has 0 aliphatic rings. The summed E-state index contributed by atoms with van der Waals surface area (Å²) in [6, 6.07) is 8.85. The van der Waals surface area contributed by atoms with Crippen molar-refractivity contribution in [1.29, 1.82) is 0 Å². The molecule has 0 fully saturated rings. The molecule has 0 saturated heterocycles. The number of thioether (sulfide) groups is 1. The molecule has 0 aliphatic heterocycles. The fourth-order valence-electron chi connectivity index (χ4n) is 2.19. The number of hydrogen-bond acceptors (Lipinski definition) is 2. The summed E-state index contributed by atoms with van der Waals surface area (Å²) in [7, 11) is 0. The average Bonchev–Trinajstić information content (AvgIpc) is 2.76. The van der Waals surface area contributed by atoms with E-state index < -0.39 is 0 Å². The van der Waals surface area contributed by atoms with Gasteiger partial charge in [0.2, 0.25) is 0 Å². The normalized spacial score (nSPS) is 12.2. The largest absolute Gasteiger partial charge is 0.347 e. The van der Waals surface area contributed by atoms with E-state index in [-0.39, 0.29) is 5.54 Å². The number of nitrogens with one attached hydrogen (secondary N) is 1. The van der Waals surface area contributed by atoms with E-state index in [0.717, 1.165) is 18.8 Å². The topological polar surface area (TPSA) is 17.0 Å². The summed E-state index contributed by atoms with van der Waals surface area (Å²) in [6.07, 6.45) is 4.37. The van der Waals surface area contributed by atoms with E-state index in [1.165, 1.54) is 16.5 Å². The first-order valence-electron chi connectivity index (χ1n) is 6.82. The Bertz CT molecular complexity index is 537. The summed E-state index contributed by atoms with van der Waals surface area (Å²) in [6.45, 7) is 8.62. The van der Waals surface area contributed by atoms with E-state index in [0.29, 0.717) is 0 Å². The molecule has 2 nitrogen and oxygen atoms in total. The van der Waals surface area contributed by atoms with Crippen molar-refractivity contribution in [2.24, 2.45) is 0 Å². The number of hydrogen-bond donors (Lipinski definition) is 1. The summed E-state index contributed by atoms with van der Waals surface area (Å²) in [5.41, 5.74) is 2.89. The average molecular weight is 276 g/mol. The van der Waals surface area contributed by atoms with Crippen LogP contribution in [0.3, 0.4) is 0 Å². The molecular formula is C16H24N2S. The number of nitrogens with zero attached hydrogens (tertiary/aromatic N) is 1. The van der Waals surface area contributed by atoms with Crippen molar-refractivity contribution in [2.45, 2.75) is 39.4 Å². The Morgan fingerprint density at radius 3 is 2.68 bits per heavy atom. The minimum Gasteiger partial charge on any atom is -0.347 e. The van der Waals surface area contributed by atoms with Gasteiger partial charge in [-0.15, -0.1) is 0 Å². The van der Waals surface area contributed by atoms with Crippen LogP contribution in [0.5, 0.6) is 0 Å². The number of aryl methyl sites for hydroxylation is 1. The van der Waals surface area contributed by atoms with E-state index in [1.807, 2.05) is 11.8 Å². The molecule has 0 radical (unpaired) electrons. The molecule has 104 valence electrons. The van der Waals surface area contributed by atoms with E-state index >= 15 is 0 Å². The highest BCUT2D eigenvalue weighted by Gasteiger charge is 2.10. The highest BCUT2D eigenvalue weighted by atomic mass is 32.2. The highest BCUT2D eigenvalue weighted by molar-refractivity contribution is 7.98. The Morgan fingerprint density at radius 2 is 2.00 bits per heavy atom. The lowest BCUT2D eigenvalue weighted by molar-refractivity contribution is 0.425. The van der Waals surface area contributed by atoms with Gasteiger partial charge in [0.25, 0.3) is 0 Å². The van der Waals surface area contributed by atoms with Gasteiger partial charge in [-0.2, -0.15) is 11.8 Å². The molecule has 0 aliphatic carbocycles. The quantitative estimate of drug-likeness (QED) is 0.892. The Labute approximate surface area is 120 Å². The first-order valence-corrected chi connectivity index (χ1v) is 8.21. The van der Waals surface area contributed by atoms with Crippen molar-refractivity contribution in [1.82, 2.24) is 9.88 Å². The second-order valence-corrected chi connectivity index (χ2v) is 6.94. The molecule has 0 amide bonds. The Morgan fingerprint density at radius 1 is 1.21 bits per heavy atom. The van der Waals surface area contributed by atoms with Crippen LogP contribution < -0.4 is 5.32 Å². The van der Waals surface area contributed by atoms with Gasteiger partial charge in [-0.05, 0) is 44.7 Å². The molecule has 1 aromatic heterocycles. The van der Waals surface area contributed by atoms with Crippen LogP contribution in [0.2, 0.25) is 0 Å². The summed E-state index contributed by atoms with van der Waals surface area (Å²) in [5, 5.41) is 4.94. The van der Waals surface area contributed by atoms with E-state index in [2.05, 4.69) is 67.4 Å². The molecular weight excluding hydrogens is 252 g/mol. The predicted octanol–water partition coefficient (Wildman–Crippen LogP) is 3.89. The summed E-state index contributed by atoms with van der Waals surface area (Å²) in [4.78, 5) is 0. The molecule has 1 N–H and O–H groups in total. The van der Waals surface area contributed by atoms with Crippen LogP contribution in [0.4, 0.5) is 0 Å². The van der Waals surface area contributed by atoms with E-state index in [1.54, 1.807) is 0 Å². The third-order valence-corrected chi connectivity index (χ3v) is 3.84. The van der Waals surface area contributed by atoms with Crippen molar-refractivity contribution in [3.63, 3.8) is 0 Å². The lowest BCUT2D eigenvalue weighted by Crippen LogP contribution is -2.35. The second-order valence-electron chi connectivity index (χ2n) is 5.96. The number of benzene rings is 1. The van der Waals surface area contributed by atoms with Gasteiger partial charge in [0.15, 0.2) is 0 Å². The van der Waals surface area contributed by atoms with Crippen molar-refractivity contribution in [3.8, 4) is 0 Å². The van der Waals surface area contributed by atoms with Crippen LogP contribution in [0.25, 0.3) is 10.9 Å². The van der Waals surface area contributed by atoms with Crippen molar-refractivity contribution < 1.29 is 0 Å². The molecule has 3 heteroatoms. The Kier molecular flexibility index (Phi) is 4.58. The van der Waals surface area contributed by atoms with Crippen molar-refractivity contribution >= 4 is 22.7 Å². The van der Waals surface area contributed by atoms with E-state index in [4.69, 9.17) is 0 Å². The van der Waals surface area contributed by atoms with Crippen LogP contribution in [-0.4, -0.2) is 22.1 Å². The maximum absolute atomic E-state index is 3.57. The maximum Gasteiger partial charge on any atom is 0.0483 e. The van der Waals surface area contributed by atoms with Gasteiger partial charge in [-0.25, -0.2) is 0 Å². The molecule has 1 heterocycles. The minimum atomic E-state index is 0.156. The van der Waals surface area contributed by atoms with E-state index in [9.17, 15) is 0 Å². The van der Waals surface area contributed by atoms with Crippen LogP contribution in [-0.2, 0) is 13.1 Å². The molecule has 0 spiro atoms. The van der Waals surface area contributed by atoms with Gasteiger partial charge in [0.1, 0.15) is 0 Å². The Hall–Kier alpha value is -0.930. The zero-order valence-electron chi connectivity index (χ0n) is 12.4. The smallest absolute Gasteiger partial charge is 0.0483 e. The molecule has 0 atom stereocenters. The highest BCUT2D eigenvalue weighted by Crippen LogP contribution is 2.21.